The number of methoxy groups -OCH3 is 1. The van der Waals surface area contributed by atoms with Crippen LogP contribution in [0.1, 0.15) is 16.7 Å². The van der Waals surface area contributed by atoms with E-state index in [-0.39, 0.29) is 6.09 Å². The lowest BCUT2D eigenvalue weighted by atomic mass is 10.0. The molecule has 0 radical (unpaired) electrons. The molecule has 0 unspecified atom stereocenters. The second kappa shape index (κ2) is 5.33. The third kappa shape index (κ3) is 2.56. The number of amides is 1. The van der Waals surface area contributed by atoms with Gasteiger partial charge >= 0.3 is 6.09 Å². The number of ether oxygens (including phenoxy) is 2. The van der Waals surface area contributed by atoms with Crippen molar-refractivity contribution in [1.82, 2.24) is 9.88 Å². The summed E-state index contributed by atoms with van der Waals surface area (Å²) < 4.78 is 10.4. The van der Waals surface area contributed by atoms with Crippen LogP contribution in [0.4, 0.5) is 4.79 Å². The summed E-state index contributed by atoms with van der Waals surface area (Å²) >= 11 is 0. The molecule has 1 aliphatic rings. The van der Waals surface area contributed by atoms with Gasteiger partial charge in [-0.1, -0.05) is 6.07 Å². The zero-order valence-corrected chi connectivity index (χ0v) is 12.5. The van der Waals surface area contributed by atoms with Gasteiger partial charge in [-0.3, -0.25) is 0 Å². The SMILES string of the molecule is COCCN1Cc2cc3c(C)cc(C)cc3nc2OC1=O. The fourth-order valence-electron chi connectivity index (χ4n) is 2.64. The van der Waals surface area contributed by atoms with Crippen LogP contribution in [-0.4, -0.2) is 36.2 Å². The van der Waals surface area contributed by atoms with Gasteiger partial charge in [-0.15, -0.1) is 0 Å². The lowest BCUT2D eigenvalue weighted by Gasteiger charge is -2.27. The maximum absolute atomic E-state index is 11.9. The van der Waals surface area contributed by atoms with Crippen molar-refractivity contribution < 1.29 is 14.3 Å². The van der Waals surface area contributed by atoms with Crippen molar-refractivity contribution in [2.45, 2.75) is 20.4 Å². The van der Waals surface area contributed by atoms with Crippen LogP contribution in [0.3, 0.4) is 0 Å². The molecule has 0 saturated heterocycles. The number of nitrogens with zero attached hydrogens (tertiary/aromatic N) is 2. The van der Waals surface area contributed by atoms with Gasteiger partial charge in [0, 0.05) is 24.6 Å². The Morgan fingerprint density at radius 2 is 2.14 bits per heavy atom. The second-order valence-electron chi connectivity index (χ2n) is 5.38. The number of benzene rings is 1. The van der Waals surface area contributed by atoms with E-state index < -0.39 is 0 Å². The molecule has 5 heteroatoms. The first-order chi connectivity index (χ1) is 10.1. The summed E-state index contributed by atoms with van der Waals surface area (Å²) in [6.07, 6.45) is -0.365. The van der Waals surface area contributed by atoms with Crippen LogP contribution in [0.25, 0.3) is 10.9 Å². The molecule has 0 bridgehead atoms. The number of hydrogen-bond donors (Lipinski definition) is 0. The molecule has 0 spiro atoms. The van der Waals surface area contributed by atoms with Gasteiger partial charge < -0.3 is 14.4 Å². The van der Waals surface area contributed by atoms with E-state index >= 15 is 0 Å². The highest BCUT2D eigenvalue weighted by molar-refractivity contribution is 5.85. The molecule has 1 aromatic carbocycles. The highest BCUT2D eigenvalue weighted by Gasteiger charge is 2.26. The Morgan fingerprint density at radius 3 is 2.90 bits per heavy atom. The zero-order chi connectivity index (χ0) is 15.0. The smallest absolute Gasteiger partial charge is 0.391 e. The van der Waals surface area contributed by atoms with Gasteiger partial charge in [0.2, 0.25) is 5.88 Å². The van der Waals surface area contributed by atoms with Crippen LogP contribution < -0.4 is 4.74 Å². The molecule has 1 amide bonds. The first kappa shape index (κ1) is 13.8. The number of aromatic nitrogens is 1. The highest BCUT2D eigenvalue weighted by atomic mass is 16.6. The van der Waals surface area contributed by atoms with E-state index in [4.69, 9.17) is 9.47 Å². The first-order valence-corrected chi connectivity index (χ1v) is 6.95. The lowest BCUT2D eigenvalue weighted by molar-refractivity contribution is 0.110. The highest BCUT2D eigenvalue weighted by Crippen LogP contribution is 2.29. The fourth-order valence-corrected chi connectivity index (χ4v) is 2.64. The number of aryl methyl sites for hydroxylation is 2. The molecule has 0 saturated carbocycles. The largest absolute Gasteiger partial charge is 0.416 e. The standard InChI is InChI=1S/C16H18N2O3/c1-10-6-11(2)13-8-12-9-18(4-5-20-3)16(19)21-15(12)17-14(13)7-10/h6-8H,4-5,9H2,1-3H3. The Morgan fingerprint density at radius 1 is 1.33 bits per heavy atom. The molecule has 0 atom stereocenters. The van der Waals surface area contributed by atoms with E-state index in [2.05, 4.69) is 24.0 Å². The third-order valence-electron chi connectivity index (χ3n) is 3.69. The number of fused-ring (bicyclic) bond motifs is 2. The quantitative estimate of drug-likeness (QED) is 0.870. The predicted octanol–water partition coefficient (Wildman–Crippen LogP) is 2.81. The molecular formula is C16H18N2O3. The van der Waals surface area contributed by atoms with Crippen molar-refractivity contribution in [3.63, 3.8) is 0 Å². The van der Waals surface area contributed by atoms with E-state index in [9.17, 15) is 4.79 Å². The van der Waals surface area contributed by atoms with Crippen LogP contribution in [0.2, 0.25) is 0 Å². The molecular weight excluding hydrogens is 268 g/mol. The molecule has 2 heterocycles. The normalized spacial score (nSPS) is 14.2. The van der Waals surface area contributed by atoms with Gasteiger partial charge in [-0.05, 0) is 37.1 Å². The molecule has 21 heavy (non-hydrogen) atoms. The number of rotatable bonds is 3. The van der Waals surface area contributed by atoms with Crippen LogP contribution in [0.5, 0.6) is 5.88 Å². The van der Waals surface area contributed by atoms with Crippen molar-refractivity contribution in [2.75, 3.05) is 20.3 Å². The Labute approximate surface area is 123 Å². The van der Waals surface area contributed by atoms with Crippen molar-refractivity contribution in [3.8, 4) is 5.88 Å². The minimum absolute atomic E-state index is 0.365. The summed E-state index contributed by atoms with van der Waals surface area (Å²) in [4.78, 5) is 18.1. The summed E-state index contributed by atoms with van der Waals surface area (Å²) in [5, 5.41) is 1.10. The van der Waals surface area contributed by atoms with Crippen LogP contribution >= 0.6 is 0 Å². The lowest BCUT2D eigenvalue weighted by Crippen LogP contribution is -2.39. The molecule has 110 valence electrons. The maximum atomic E-state index is 11.9. The summed E-state index contributed by atoms with van der Waals surface area (Å²) in [6, 6.07) is 6.21. The van der Waals surface area contributed by atoms with Crippen LogP contribution in [0.15, 0.2) is 18.2 Å². The monoisotopic (exact) mass is 286 g/mol. The molecule has 0 aliphatic carbocycles. The Balaban J connectivity index is 2.02. The molecule has 0 N–H and O–H groups in total. The van der Waals surface area contributed by atoms with E-state index in [0.29, 0.717) is 25.6 Å². The van der Waals surface area contributed by atoms with Gasteiger partial charge in [0.25, 0.3) is 0 Å². The van der Waals surface area contributed by atoms with E-state index in [0.717, 1.165) is 22.0 Å². The average Bonchev–Trinajstić information content (AvgIpc) is 2.43. The van der Waals surface area contributed by atoms with E-state index in [1.807, 2.05) is 13.0 Å². The zero-order valence-electron chi connectivity index (χ0n) is 12.5. The van der Waals surface area contributed by atoms with Crippen molar-refractivity contribution in [1.29, 1.82) is 0 Å². The number of hydrogen-bond acceptors (Lipinski definition) is 4. The average molecular weight is 286 g/mol. The van der Waals surface area contributed by atoms with Crippen LogP contribution in [0, 0.1) is 13.8 Å². The minimum atomic E-state index is -0.365. The summed E-state index contributed by atoms with van der Waals surface area (Å²) in [6.45, 7) is 5.62. The summed E-state index contributed by atoms with van der Waals surface area (Å²) in [5.41, 5.74) is 4.13. The summed E-state index contributed by atoms with van der Waals surface area (Å²) in [5.74, 6) is 0.422. The van der Waals surface area contributed by atoms with Crippen molar-refractivity contribution in [2.24, 2.45) is 0 Å². The second-order valence-corrected chi connectivity index (χ2v) is 5.38. The molecule has 2 aromatic rings. The molecule has 0 fully saturated rings. The molecule has 5 nitrogen and oxygen atoms in total. The molecule has 1 aliphatic heterocycles. The number of carbonyl (C=O) groups is 1. The minimum Gasteiger partial charge on any atom is -0.391 e. The Bertz CT molecular complexity index is 712. The maximum Gasteiger partial charge on any atom is 0.416 e. The number of pyridine rings is 1. The van der Waals surface area contributed by atoms with Crippen molar-refractivity contribution >= 4 is 17.0 Å². The Hall–Kier alpha value is -2.14. The van der Waals surface area contributed by atoms with Crippen molar-refractivity contribution in [3.05, 3.63) is 34.9 Å². The van der Waals surface area contributed by atoms with E-state index in [1.165, 1.54) is 5.56 Å². The van der Waals surface area contributed by atoms with Gasteiger partial charge in [0.1, 0.15) is 0 Å². The third-order valence-corrected chi connectivity index (χ3v) is 3.69. The first-order valence-electron chi connectivity index (χ1n) is 6.95. The number of carbonyl (C=O) groups excluding carboxylic acids is 1. The fraction of sp³-hybridized carbons (Fsp3) is 0.375. The van der Waals surface area contributed by atoms with Crippen LogP contribution in [-0.2, 0) is 11.3 Å². The topological polar surface area (TPSA) is 51.7 Å². The van der Waals surface area contributed by atoms with Gasteiger partial charge in [0.15, 0.2) is 0 Å². The van der Waals surface area contributed by atoms with E-state index in [1.54, 1.807) is 12.0 Å². The van der Waals surface area contributed by atoms with Gasteiger partial charge in [-0.25, -0.2) is 9.78 Å². The predicted molar refractivity (Wildman–Crippen MR) is 79.5 cm³/mol. The van der Waals surface area contributed by atoms with Gasteiger partial charge in [0.05, 0.1) is 18.7 Å². The molecule has 1 aromatic heterocycles. The molecule has 3 rings (SSSR count). The van der Waals surface area contributed by atoms with Gasteiger partial charge in [-0.2, -0.15) is 0 Å². The Kier molecular flexibility index (Phi) is 3.51. The summed E-state index contributed by atoms with van der Waals surface area (Å²) in [7, 11) is 1.62.